The number of halogens is 1. The van der Waals surface area contributed by atoms with Crippen LogP contribution in [-0.4, -0.2) is 49.3 Å². The van der Waals surface area contributed by atoms with Crippen LogP contribution < -0.4 is 10.2 Å². The summed E-state index contributed by atoms with van der Waals surface area (Å²) in [4.78, 5) is 29.7. The quantitative estimate of drug-likeness (QED) is 0.619. The first-order chi connectivity index (χ1) is 15.3. The zero-order chi connectivity index (χ0) is 23.3. The highest BCUT2D eigenvalue weighted by Crippen LogP contribution is 2.28. The van der Waals surface area contributed by atoms with Gasteiger partial charge in [0.25, 0.3) is 0 Å². The summed E-state index contributed by atoms with van der Waals surface area (Å²) in [5.74, 6) is -0.571. The highest BCUT2D eigenvalue weighted by molar-refractivity contribution is 5.98. The third-order valence-corrected chi connectivity index (χ3v) is 6.40. The molecule has 0 spiro atoms. The van der Waals surface area contributed by atoms with E-state index in [0.29, 0.717) is 5.56 Å². The van der Waals surface area contributed by atoms with Gasteiger partial charge in [0.05, 0.1) is 6.04 Å². The summed E-state index contributed by atoms with van der Waals surface area (Å²) in [7, 11) is 0. The molecule has 1 fully saturated rings. The molecule has 0 saturated carbocycles. The zero-order valence-corrected chi connectivity index (χ0v) is 19.6. The molecule has 0 aromatic heterocycles. The van der Waals surface area contributed by atoms with Gasteiger partial charge in [-0.05, 0) is 62.7 Å². The van der Waals surface area contributed by atoms with Gasteiger partial charge in [-0.1, -0.05) is 19.1 Å². The van der Waals surface area contributed by atoms with Crippen molar-refractivity contribution in [2.45, 2.75) is 46.6 Å². The molecule has 5 nitrogen and oxygen atoms in total. The number of aryl methyl sites for hydroxylation is 2. The molecule has 1 aliphatic heterocycles. The number of anilines is 1. The molecular weight excluding hydrogens is 405 g/mol. The molecule has 1 atom stereocenters. The summed E-state index contributed by atoms with van der Waals surface area (Å²) in [5, 5.41) is 2.96. The zero-order valence-electron chi connectivity index (χ0n) is 19.6. The standard InChI is InChI=1S/C26H34FN3O2/c1-5-29-12-14-30(15-13-29)24-9-8-22(27)17-23(24)20(4)28-26(32)11-10-25(31)21-7-6-18(2)19(3)16-21/h6-9,16-17,20H,5,10-15H2,1-4H3,(H,28,32). The summed E-state index contributed by atoms with van der Waals surface area (Å²) in [6.07, 6.45) is 0.256. The van der Waals surface area contributed by atoms with Crippen LogP contribution in [0.25, 0.3) is 0 Å². The number of nitrogens with one attached hydrogen (secondary N) is 1. The minimum atomic E-state index is -0.353. The Morgan fingerprint density at radius 1 is 1.00 bits per heavy atom. The normalized spacial score (nSPS) is 15.5. The number of rotatable bonds is 8. The van der Waals surface area contributed by atoms with Crippen molar-refractivity contribution in [2.75, 3.05) is 37.6 Å². The fraction of sp³-hybridized carbons (Fsp3) is 0.462. The minimum Gasteiger partial charge on any atom is -0.369 e. The Labute approximate surface area is 190 Å². The van der Waals surface area contributed by atoms with Crippen LogP contribution in [0.1, 0.15) is 59.8 Å². The Morgan fingerprint density at radius 2 is 1.72 bits per heavy atom. The van der Waals surface area contributed by atoms with Crippen molar-refractivity contribution in [1.29, 1.82) is 0 Å². The fourth-order valence-electron chi connectivity index (χ4n) is 4.14. The molecule has 1 amide bonds. The number of hydrogen-bond acceptors (Lipinski definition) is 4. The second-order valence-corrected chi connectivity index (χ2v) is 8.64. The van der Waals surface area contributed by atoms with Crippen molar-refractivity contribution in [3.63, 3.8) is 0 Å². The Balaban J connectivity index is 1.61. The molecule has 0 aliphatic carbocycles. The molecule has 1 saturated heterocycles. The van der Waals surface area contributed by atoms with Gasteiger partial charge in [0.1, 0.15) is 5.82 Å². The van der Waals surface area contributed by atoms with Gasteiger partial charge in [0, 0.05) is 55.8 Å². The lowest BCUT2D eigenvalue weighted by molar-refractivity contribution is -0.121. The van der Waals surface area contributed by atoms with Crippen LogP contribution in [0.3, 0.4) is 0 Å². The lowest BCUT2D eigenvalue weighted by atomic mass is 10.0. The van der Waals surface area contributed by atoms with E-state index in [-0.39, 0.29) is 36.4 Å². The summed E-state index contributed by atoms with van der Waals surface area (Å²) in [6.45, 7) is 12.7. The number of likely N-dealkylation sites (N-methyl/N-ethyl adjacent to an activating group) is 1. The first kappa shape index (κ1) is 23.9. The van der Waals surface area contributed by atoms with Crippen LogP contribution >= 0.6 is 0 Å². The van der Waals surface area contributed by atoms with Gasteiger partial charge in [0.15, 0.2) is 5.78 Å². The van der Waals surface area contributed by atoms with E-state index in [1.165, 1.54) is 12.1 Å². The van der Waals surface area contributed by atoms with Crippen LogP contribution in [0, 0.1) is 19.7 Å². The van der Waals surface area contributed by atoms with Crippen LogP contribution in [-0.2, 0) is 4.79 Å². The van der Waals surface area contributed by atoms with Gasteiger partial charge >= 0.3 is 0 Å². The summed E-state index contributed by atoms with van der Waals surface area (Å²) < 4.78 is 14.0. The maximum atomic E-state index is 14.0. The summed E-state index contributed by atoms with van der Waals surface area (Å²) in [6, 6.07) is 10.0. The lowest BCUT2D eigenvalue weighted by Gasteiger charge is -2.37. The second-order valence-electron chi connectivity index (χ2n) is 8.64. The van der Waals surface area contributed by atoms with E-state index in [4.69, 9.17) is 0 Å². The molecule has 32 heavy (non-hydrogen) atoms. The molecular formula is C26H34FN3O2. The summed E-state index contributed by atoms with van der Waals surface area (Å²) >= 11 is 0. The van der Waals surface area contributed by atoms with Crippen LogP contribution in [0.4, 0.5) is 10.1 Å². The third-order valence-electron chi connectivity index (χ3n) is 6.40. The van der Waals surface area contributed by atoms with E-state index in [2.05, 4.69) is 22.0 Å². The number of benzene rings is 2. The SMILES string of the molecule is CCN1CCN(c2ccc(F)cc2C(C)NC(=O)CCC(=O)c2ccc(C)c(C)c2)CC1. The van der Waals surface area contributed by atoms with Gasteiger partial charge in [-0.15, -0.1) is 0 Å². The minimum absolute atomic E-state index is 0.0452. The molecule has 1 N–H and O–H groups in total. The molecule has 1 heterocycles. The molecule has 1 aliphatic rings. The van der Waals surface area contributed by atoms with Crippen molar-refractivity contribution < 1.29 is 14.0 Å². The number of amides is 1. The monoisotopic (exact) mass is 439 g/mol. The first-order valence-corrected chi connectivity index (χ1v) is 11.4. The molecule has 3 rings (SSSR count). The highest BCUT2D eigenvalue weighted by atomic mass is 19.1. The number of carbonyl (C=O) groups is 2. The highest BCUT2D eigenvalue weighted by Gasteiger charge is 2.22. The Morgan fingerprint density at radius 3 is 2.38 bits per heavy atom. The van der Waals surface area contributed by atoms with Gasteiger partial charge in [-0.3, -0.25) is 9.59 Å². The van der Waals surface area contributed by atoms with Gasteiger partial charge in [-0.2, -0.15) is 0 Å². The second kappa shape index (κ2) is 10.7. The summed E-state index contributed by atoms with van der Waals surface area (Å²) in [5.41, 5.74) is 4.56. The number of carbonyl (C=O) groups excluding carboxylic acids is 2. The van der Waals surface area contributed by atoms with Gasteiger partial charge in [0.2, 0.25) is 5.91 Å². The Hall–Kier alpha value is -2.73. The molecule has 2 aromatic rings. The molecule has 0 radical (unpaired) electrons. The number of Topliss-reactive ketones (excluding diaryl/α,β-unsaturated/α-hetero) is 1. The maximum absolute atomic E-state index is 14.0. The predicted molar refractivity (Wildman–Crippen MR) is 127 cm³/mol. The van der Waals surface area contributed by atoms with Gasteiger partial charge in [-0.25, -0.2) is 4.39 Å². The van der Waals surface area contributed by atoms with E-state index in [1.54, 1.807) is 6.07 Å². The number of nitrogens with zero attached hydrogens (tertiary/aromatic N) is 2. The van der Waals surface area contributed by atoms with E-state index in [0.717, 1.165) is 55.1 Å². The van der Waals surface area contributed by atoms with Crippen LogP contribution in [0.2, 0.25) is 0 Å². The van der Waals surface area contributed by atoms with E-state index in [9.17, 15) is 14.0 Å². The molecule has 2 aromatic carbocycles. The smallest absolute Gasteiger partial charge is 0.220 e. The van der Waals surface area contributed by atoms with Gasteiger partial charge < -0.3 is 15.1 Å². The maximum Gasteiger partial charge on any atom is 0.220 e. The Kier molecular flexibility index (Phi) is 8.02. The number of ketones is 1. The largest absolute Gasteiger partial charge is 0.369 e. The average molecular weight is 440 g/mol. The molecule has 6 heteroatoms. The predicted octanol–water partition coefficient (Wildman–Crippen LogP) is 4.42. The molecule has 1 unspecified atom stereocenters. The van der Waals surface area contributed by atoms with E-state index in [1.807, 2.05) is 39.0 Å². The van der Waals surface area contributed by atoms with E-state index < -0.39 is 0 Å². The third kappa shape index (κ3) is 5.94. The van der Waals surface area contributed by atoms with Crippen molar-refractivity contribution in [3.05, 3.63) is 64.5 Å². The topological polar surface area (TPSA) is 52.6 Å². The van der Waals surface area contributed by atoms with Crippen molar-refractivity contribution >= 4 is 17.4 Å². The van der Waals surface area contributed by atoms with Crippen molar-refractivity contribution in [1.82, 2.24) is 10.2 Å². The number of piperazine rings is 1. The van der Waals surface area contributed by atoms with Crippen molar-refractivity contribution in [3.8, 4) is 0 Å². The lowest BCUT2D eigenvalue weighted by Crippen LogP contribution is -2.46. The van der Waals surface area contributed by atoms with Crippen molar-refractivity contribution in [2.24, 2.45) is 0 Å². The number of hydrogen-bond donors (Lipinski definition) is 1. The first-order valence-electron chi connectivity index (χ1n) is 11.4. The average Bonchev–Trinajstić information content (AvgIpc) is 2.79. The fourth-order valence-corrected chi connectivity index (χ4v) is 4.14. The van der Waals surface area contributed by atoms with Crippen LogP contribution in [0.5, 0.6) is 0 Å². The van der Waals surface area contributed by atoms with Crippen LogP contribution in [0.15, 0.2) is 36.4 Å². The Bertz CT molecular complexity index is 968. The molecule has 172 valence electrons. The van der Waals surface area contributed by atoms with E-state index >= 15 is 0 Å². The molecule has 0 bridgehead atoms.